The zero-order chi connectivity index (χ0) is 9.03. The van der Waals surface area contributed by atoms with E-state index in [0.29, 0.717) is 6.54 Å². The highest BCUT2D eigenvalue weighted by Crippen LogP contribution is 2.29. The molecule has 0 amide bonds. The van der Waals surface area contributed by atoms with Gasteiger partial charge >= 0.3 is 0 Å². The standard InChI is InChI=1S/C7H11N2O2P/c8-12(10,11)9-6-7-4-2-1-3-5-7/h1-5H,6H2,(H4,8,9,10,11). The molecule has 5 heteroatoms. The first kappa shape index (κ1) is 9.42. The molecule has 0 saturated carbocycles. The van der Waals surface area contributed by atoms with Crippen molar-refractivity contribution in [3.63, 3.8) is 0 Å². The molecular formula is C7H11N2O2P. The molecule has 4 nitrogen and oxygen atoms in total. The van der Waals surface area contributed by atoms with Gasteiger partial charge in [-0.1, -0.05) is 30.3 Å². The molecule has 4 N–H and O–H groups in total. The van der Waals surface area contributed by atoms with Crippen molar-refractivity contribution >= 4 is 7.66 Å². The normalized spacial score (nSPS) is 11.5. The third-order valence-corrected chi connectivity index (χ3v) is 1.95. The maximum atomic E-state index is 8.70. The van der Waals surface area contributed by atoms with E-state index in [1.807, 2.05) is 30.3 Å². The Morgan fingerprint density at radius 3 is 2.33 bits per heavy atom. The van der Waals surface area contributed by atoms with Gasteiger partial charge in [-0.2, -0.15) is 0 Å². The zero-order valence-electron chi connectivity index (χ0n) is 6.44. The van der Waals surface area contributed by atoms with Crippen molar-refractivity contribution in [1.29, 1.82) is 5.16 Å². The van der Waals surface area contributed by atoms with Crippen LogP contribution in [-0.2, 0) is 6.54 Å². The smallest absolute Gasteiger partial charge is 0.279 e. The molecule has 0 aromatic heterocycles. The zero-order valence-corrected chi connectivity index (χ0v) is 7.33. The van der Waals surface area contributed by atoms with Crippen LogP contribution in [0.3, 0.4) is 0 Å². The minimum Gasteiger partial charge on any atom is -0.328 e. The second kappa shape index (κ2) is 3.83. The van der Waals surface area contributed by atoms with Gasteiger partial charge < -0.3 is 9.79 Å². The molecule has 0 aliphatic carbocycles. The average molecular weight is 186 g/mol. The van der Waals surface area contributed by atoms with E-state index in [0.717, 1.165) is 5.56 Å². The summed E-state index contributed by atoms with van der Waals surface area (Å²) in [7, 11) is -3.58. The van der Waals surface area contributed by atoms with Gasteiger partial charge in [0.15, 0.2) is 0 Å². The van der Waals surface area contributed by atoms with Crippen molar-refractivity contribution in [3.8, 4) is 0 Å². The topological polar surface area (TPSA) is 76.3 Å². The van der Waals surface area contributed by atoms with E-state index >= 15 is 0 Å². The van der Waals surface area contributed by atoms with E-state index in [1.54, 1.807) is 0 Å². The Bertz CT molecular complexity index is 283. The molecule has 0 spiro atoms. The largest absolute Gasteiger partial charge is 0.328 e. The van der Waals surface area contributed by atoms with Crippen molar-refractivity contribution in [3.05, 3.63) is 35.9 Å². The van der Waals surface area contributed by atoms with Gasteiger partial charge in [0.25, 0.3) is 7.66 Å². The van der Waals surface area contributed by atoms with Crippen LogP contribution in [0.25, 0.3) is 0 Å². The van der Waals surface area contributed by atoms with Gasteiger partial charge in [0.05, 0.1) is 0 Å². The van der Waals surface area contributed by atoms with Gasteiger partial charge in [0, 0.05) is 6.54 Å². The van der Waals surface area contributed by atoms with Crippen molar-refractivity contribution in [1.82, 2.24) is 5.09 Å². The Kier molecular flexibility index (Phi) is 3.00. The third kappa shape index (κ3) is 3.64. The Hall–Kier alpha value is -0.670. The van der Waals surface area contributed by atoms with Gasteiger partial charge in [-0.3, -0.25) is 5.16 Å². The SMILES string of the molecule is N=P(O)(O)NCc1ccccc1. The molecule has 0 heterocycles. The molecule has 66 valence electrons. The molecule has 1 aromatic rings. The van der Waals surface area contributed by atoms with Crippen molar-refractivity contribution in [2.75, 3.05) is 0 Å². The van der Waals surface area contributed by atoms with E-state index in [-0.39, 0.29) is 0 Å². The Morgan fingerprint density at radius 1 is 1.25 bits per heavy atom. The van der Waals surface area contributed by atoms with Crippen molar-refractivity contribution in [2.24, 2.45) is 0 Å². The summed E-state index contributed by atoms with van der Waals surface area (Å²) in [6.07, 6.45) is 0. The van der Waals surface area contributed by atoms with E-state index in [1.165, 1.54) is 0 Å². The highest BCUT2D eigenvalue weighted by atomic mass is 31.2. The Labute approximate surface area is 70.9 Å². The number of rotatable bonds is 3. The van der Waals surface area contributed by atoms with Crippen LogP contribution in [0.5, 0.6) is 0 Å². The summed E-state index contributed by atoms with van der Waals surface area (Å²) >= 11 is 0. The quantitative estimate of drug-likeness (QED) is 0.537. The van der Waals surface area contributed by atoms with Crippen LogP contribution >= 0.6 is 7.66 Å². The molecule has 0 saturated heterocycles. The summed E-state index contributed by atoms with van der Waals surface area (Å²) < 4.78 is 0. The summed E-state index contributed by atoms with van der Waals surface area (Å²) in [5.41, 5.74) is 0.928. The van der Waals surface area contributed by atoms with Gasteiger partial charge in [-0.25, -0.2) is 5.09 Å². The van der Waals surface area contributed by atoms with Crippen LogP contribution in [0.1, 0.15) is 5.56 Å². The molecule has 0 aliphatic heterocycles. The summed E-state index contributed by atoms with van der Waals surface area (Å²) in [5, 5.41) is 9.12. The van der Waals surface area contributed by atoms with Gasteiger partial charge in [0.2, 0.25) is 0 Å². The minimum atomic E-state index is -3.58. The molecule has 1 aromatic carbocycles. The third-order valence-electron chi connectivity index (χ3n) is 1.35. The van der Waals surface area contributed by atoms with Crippen LogP contribution in [0.15, 0.2) is 30.3 Å². The van der Waals surface area contributed by atoms with Crippen molar-refractivity contribution < 1.29 is 9.79 Å². The Balaban J connectivity index is 2.50. The van der Waals surface area contributed by atoms with Gasteiger partial charge in [-0.05, 0) is 5.56 Å². The lowest BCUT2D eigenvalue weighted by Gasteiger charge is -2.08. The van der Waals surface area contributed by atoms with Crippen LogP contribution in [0.2, 0.25) is 0 Å². The molecule has 0 fully saturated rings. The summed E-state index contributed by atoms with van der Waals surface area (Å²) in [6.45, 7) is 0.311. The van der Waals surface area contributed by atoms with E-state index in [4.69, 9.17) is 14.9 Å². The van der Waals surface area contributed by atoms with Gasteiger partial charge in [0.1, 0.15) is 0 Å². The summed E-state index contributed by atoms with van der Waals surface area (Å²) in [5.74, 6) is 0. The van der Waals surface area contributed by atoms with E-state index in [9.17, 15) is 0 Å². The second-order valence-electron chi connectivity index (χ2n) is 2.42. The predicted octanol–water partition coefficient (Wildman–Crippen LogP) is 1.29. The average Bonchev–Trinajstić information content (AvgIpc) is 2.02. The fourth-order valence-electron chi connectivity index (χ4n) is 0.797. The maximum absolute atomic E-state index is 8.70. The minimum absolute atomic E-state index is 0.311. The summed E-state index contributed by atoms with van der Waals surface area (Å²) in [4.78, 5) is 17.4. The fraction of sp³-hybridized carbons (Fsp3) is 0.143. The molecule has 0 unspecified atom stereocenters. The highest BCUT2D eigenvalue weighted by Gasteiger charge is 2.04. The first-order valence-electron chi connectivity index (χ1n) is 3.47. The van der Waals surface area contributed by atoms with Crippen molar-refractivity contribution in [2.45, 2.75) is 6.54 Å². The number of hydrogen-bond donors (Lipinski definition) is 4. The van der Waals surface area contributed by atoms with E-state index < -0.39 is 7.66 Å². The molecule has 1 rings (SSSR count). The first-order valence-corrected chi connectivity index (χ1v) is 5.16. The number of benzene rings is 1. The monoisotopic (exact) mass is 186 g/mol. The maximum Gasteiger partial charge on any atom is 0.279 e. The first-order chi connectivity index (χ1) is 5.58. The Morgan fingerprint density at radius 2 is 1.83 bits per heavy atom. The molecule has 0 radical (unpaired) electrons. The molecule has 0 aliphatic rings. The molecule has 0 bridgehead atoms. The predicted molar refractivity (Wildman–Crippen MR) is 47.4 cm³/mol. The lowest BCUT2D eigenvalue weighted by Crippen LogP contribution is -2.08. The lowest BCUT2D eigenvalue weighted by atomic mass is 10.2. The van der Waals surface area contributed by atoms with Crippen LogP contribution in [0, 0.1) is 5.16 Å². The second-order valence-corrected chi connectivity index (χ2v) is 3.94. The van der Waals surface area contributed by atoms with Crippen LogP contribution in [0.4, 0.5) is 0 Å². The van der Waals surface area contributed by atoms with Crippen LogP contribution in [-0.4, -0.2) is 9.79 Å². The highest BCUT2D eigenvalue weighted by molar-refractivity contribution is 7.50. The number of hydrogen-bond acceptors (Lipinski definition) is 1. The fourth-order valence-corrected chi connectivity index (χ4v) is 1.20. The molecular weight excluding hydrogens is 175 g/mol. The summed E-state index contributed by atoms with van der Waals surface area (Å²) in [6, 6.07) is 9.29. The lowest BCUT2D eigenvalue weighted by molar-refractivity contribution is 0.442. The van der Waals surface area contributed by atoms with Crippen LogP contribution < -0.4 is 5.09 Å². The van der Waals surface area contributed by atoms with E-state index in [2.05, 4.69) is 5.09 Å². The van der Waals surface area contributed by atoms with Gasteiger partial charge in [-0.15, -0.1) is 0 Å². The number of nitrogens with one attached hydrogen (secondary N) is 2. The molecule has 0 atom stereocenters. The molecule has 12 heavy (non-hydrogen) atoms.